The molecule has 1 fully saturated rings. The molecule has 0 aromatic heterocycles. The fraction of sp³-hybridized carbons (Fsp3) is 0.545. The van der Waals surface area contributed by atoms with Crippen LogP contribution in [-0.2, 0) is 14.3 Å². The van der Waals surface area contributed by atoms with Crippen molar-refractivity contribution in [3.05, 3.63) is 29.3 Å². The van der Waals surface area contributed by atoms with E-state index in [2.05, 4.69) is 0 Å². The third kappa shape index (κ3) is 5.83. The number of carbonyl (C=O) groups excluding carboxylic acids is 2. The molecule has 2 aliphatic rings. The second-order valence-corrected chi connectivity index (χ2v) is 7.30. The summed E-state index contributed by atoms with van der Waals surface area (Å²) in [6.07, 6.45) is 7.79. The molecule has 0 radical (unpaired) electrons. The van der Waals surface area contributed by atoms with Gasteiger partial charge < -0.3 is 18.9 Å². The van der Waals surface area contributed by atoms with Gasteiger partial charge in [-0.3, -0.25) is 4.79 Å². The van der Waals surface area contributed by atoms with Crippen molar-refractivity contribution in [3.63, 3.8) is 0 Å². The van der Waals surface area contributed by atoms with Crippen LogP contribution in [0.25, 0.3) is 6.08 Å². The Morgan fingerprint density at radius 2 is 1.96 bits per heavy atom. The zero-order valence-corrected chi connectivity index (χ0v) is 16.6. The van der Waals surface area contributed by atoms with Crippen LogP contribution in [0.1, 0.15) is 61.4 Å². The number of methoxy groups -OCH3 is 1. The fourth-order valence-corrected chi connectivity index (χ4v) is 3.20. The first-order chi connectivity index (χ1) is 13.6. The third-order valence-electron chi connectivity index (χ3n) is 4.87. The molecule has 2 aliphatic heterocycles. The average molecular weight is 388 g/mol. The van der Waals surface area contributed by atoms with Crippen LogP contribution in [0.3, 0.4) is 0 Å². The monoisotopic (exact) mass is 388 g/mol. The van der Waals surface area contributed by atoms with Gasteiger partial charge in [0.2, 0.25) is 0 Å². The third-order valence-corrected chi connectivity index (χ3v) is 4.87. The molecule has 6 heteroatoms. The van der Waals surface area contributed by atoms with E-state index in [1.807, 2.05) is 25.1 Å². The predicted octanol–water partition coefficient (Wildman–Crippen LogP) is 3.95. The molecule has 0 bridgehead atoms. The van der Waals surface area contributed by atoms with Gasteiger partial charge in [-0.15, -0.1) is 0 Å². The van der Waals surface area contributed by atoms with Crippen LogP contribution in [-0.4, -0.2) is 44.3 Å². The Kier molecular flexibility index (Phi) is 7.09. The lowest BCUT2D eigenvalue weighted by atomic mass is 10.0. The number of allylic oxidation sites excluding steroid dienone is 1. The highest BCUT2D eigenvalue weighted by atomic mass is 16.6. The topological polar surface area (TPSA) is 74.4 Å². The van der Waals surface area contributed by atoms with Crippen LogP contribution in [0.2, 0.25) is 0 Å². The van der Waals surface area contributed by atoms with Gasteiger partial charge in [-0.25, -0.2) is 4.79 Å². The molecule has 2 heterocycles. The molecular weight excluding hydrogens is 360 g/mol. The van der Waals surface area contributed by atoms with E-state index in [0.717, 1.165) is 19.3 Å². The fourth-order valence-electron chi connectivity index (χ4n) is 3.20. The quantitative estimate of drug-likeness (QED) is 0.574. The summed E-state index contributed by atoms with van der Waals surface area (Å²) in [6.45, 7) is 3.03. The zero-order chi connectivity index (χ0) is 19.9. The van der Waals surface area contributed by atoms with Crippen molar-refractivity contribution >= 4 is 17.8 Å². The Morgan fingerprint density at radius 1 is 1.18 bits per heavy atom. The zero-order valence-electron chi connectivity index (χ0n) is 16.6. The number of hydrogen-bond donors (Lipinski definition) is 0. The Hall–Kier alpha value is -2.34. The number of cyclic esters (lactones) is 1. The summed E-state index contributed by atoms with van der Waals surface area (Å²) in [5, 5.41) is 0. The Morgan fingerprint density at radius 3 is 2.71 bits per heavy atom. The van der Waals surface area contributed by atoms with Gasteiger partial charge in [-0.05, 0) is 44.2 Å². The molecule has 1 saturated heterocycles. The number of ether oxygens (including phenoxy) is 4. The SMILES string of the molecule is COc1cc(OCC2CO2)cc2c1C(=O)O[C@@H](C)CCCC(=O)CCCC=C2. The molecular formula is C22H28O6. The van der Waals surface area contributed by atoms with Crippen molar-refractivity contribution in [2.45, 2.75) is 57.7 Å². The average Bonchev–Trinajstić information content (AvgIpc) is 3.49. The summed E-state index contributed by atoms with van der Waals surface area (Å²) in [5.74, 6) is 0.884. The number of benzene rings is 1. The van der Waals surface area contributed by atoms with Crippen molar-refractivity contribution in [1.82, 2.24) is 0 Å². The van der Waals surface area contributed by atoms with Gasteiger partial charge in [-0.2, -0.15) is 0 Å². The molecule has 28 heavy (non-hydrogen) atoms. The van der Waals surface area contributed by atoms with E-state index in [1.54, 1.807) is 6.07 Å². The maximum absolute atomic E-state index is 12.9. The minimum atomic E-state index is -0.426. The van der Waals surface area contributed by atoms with E-state index in [0.29, 0.717) is 55.1 Å². The molecule has 2 atom stereocenters. The van der Waals surface area contributed by atoms with Gasteiger partial charge in [0.05, 0.1) is 19.8 Å². The number of Topliss-reactive ketones (excluding diaryl/α,β-unsaturated/α-hetero) is 1. The highest BCUT2D eigenvalue weighted by Gasteiger charge is 2.25. The number of epoxide rings is 1. The van der Waals surface area contributed by atoms with Crippen molar-refractivity contribution in [1.29, 1.82) is 0 Å². The first-order valence-electron chi connectivity index (χ1n) is 9.92. The number of fused-ring (bicyclic) bond motifs is 1. The molecule has 6 nitrogen and oxygen atoms in total. The summed E-state index contributed by atoms with van der Waals surface area (Å²) < 4.78 is 22.1. The highest BCUT2D eigenvalue weighted by Crippen LogP contribution is 2.32. The molecule has 0 aliphatic carbocycles. The second kappa shape index (κ2) is 9.73. The molecule has 3 rings (SSSR count). The van der Waals surface area contributed by atoms with Crippen LogP contribution in [0.4, 0.5) is 0 Å². The Bertz CT molecular complexity index is 735. The maximum Gasteiger partial charge on any atom is 0.342 e. The standard InChI is InChI=1S/C22H28O6/c1-15-7-6-10-17(23)9-5-3-4-8-16-11-18(26-13-19-14-27-19)12-20(25-2)21(16)22(24)28-15/h4,8,11-12,15,19H,3,5-7,9-10,13-14H2,1-2H3/t15-,19?/m0/s1. The number of hydrogen-bond acceptors (Lipinski definition) is 6. The van der Waals surface area contributed by atoms with Gasteiger partial charge in [0.15, 0.2) is 0 Å². The van der Waals surface area contributed by atoms with E-state index in [-0.39, 0.29) is 18.0 Å². The van der Waals surface area contributed by atoms with Gasteiger partial charge in [0.25, 0.3) is 0 Å². The van der Waals surface area contributed by atoms with Crippen LogP contribution in [0, 0.1) is 0 Å². The molecule has 1 unspecified atom stereocenters. The molecule has 1 aromatic rings. The summed E-state index contributed by atoms with van der Waals surface area (Å²) in [6, 6.07) is 3.53. The largest absolute Gasteiger partial charge is 0.496 e. The van der Waals surface area contributed by atoms with Crippen LogP contribution >= 0.6 is 0 Å². The van der Waals surface area contributed by atoms with Crippen molar-refractivity contribution in [2.75, 3.05) is 20.3 Å². The molecule has 0 spiro atoms. The lowest BCUT2D eigenvalue weighted by Crippen LogP contribution is -2.17. The number of ketones is 1. The Balaban J connectivity index is 1.89. The summed E-state index contributed by atoms with van der Waals surface area (Å²) >= 11 is 0. The van der Waals surface area contributed by atoms with E-state index in [4.69, 9.17) is 18.9 Å². The van der Waals surface area contributed by atoms with Gasteiger partial charge in [0, 0.05) is 18.9 Å². The van der Waals surface area contributed by atoms with E-state index in [1.165, 1.54) is 7.11 Å². The molecule has 0 amide bonds. The molecule has 0 saturated carbocycles. The maximum atomic E-state index is 12.9. The smallest absolute Gasteiger partial charge is 0.342 e. The minimum absolute atomic E-state index is 0.138. The lowest BCUT2D eigenvalue weighted by molar-refractivity contribution is -0.119. The van der Waals surface area contributed by atoms with E-state index >= 15 is 0 Å². The van der Waals surface area contributed by atoms with Crippen LogP contribution in [0.15, 0.2) is 18.2 Å². The van der Waals surface area contributed by atoms with Gasteiger partial charge in [0.1, 0.15) is 35.6 Å². The van der Waals surface area contributed by atoms with Crippen molar-refractivity contribution < 1.29 is 28.5 Å². The van der Waals surface area contributed by atoms with Crippen molar-refractivity contribution in [3.8, 4) is 11.5 Å². The molecule has 152 valence electrons. The number of esters is 1. The highest BCUT2D eigenvalue weighted by molar-refractivity contribution is 5.97. The van der Waals surface area contributed by atoms with E-state index < -0.39 is 5.97 Å². The predicted molar refractivity (Wildman–Crippen MR) is 105 cm³/mol. The van der Waals surface area contributed by atoms with Crippen LogP contribution in [0.5, 0.6) is 11.5 Å². The van der Waals surface area contributed by atoms with Crippen molar-refractivity contribution in [2.24, 2.45) is 0 Å². The van der Waals surface area contributed by atoms with Gasteiger partial charge in [-0.1, -0.05) is 12.2 Å². The van der Waals surface area contributed by atoms with Crippen LogP contribution < -0.4 is 9.47 Å². The number of rotatable bonds is 4. The number of carbonyl (C=O) groups is 2. The minimum Gasteiger partial charge on any atom is -0.496 e. The first-order valence-corrected chi connectivity index (χ1v) is 9.92. The van der Waals surface area contributed by atoms with E-state index in [9.17, 15) is 9.59 Å². The first kappa shape index (κ1) is 20.4. The summed E-state index contributed by atoms with van der Waals surface area (Å²) in [5.41, 5.74) is 1.08. The second-order valence-electron chi connectivity index (χ2n) is 7.30. The molecule has 1 aromatic carbocycles. The molecule has 0 N–H and O–H groups in total. The van der Waals surface area contributed by atoms with Gasteiger partial charge >= 0.3 is 5.97 Å². The summed E-state index contributed by atoms with van der Waals surface area (Å²) in [7, 11) is 1.53. The lowest BCUT2D eigenvalue weighted by Gasteiger charge is -2.18. The normalized spacial score (nSPS) is 23.4. The Labute approximate surface area is 165 Å². The summed E-state index contributed by atoms with van der Waals surface area (Å²) in [4.78, 5) is 24.8.